The van der Waals surface area contributed by atoms with E-state index in [9.17, 15) is 9.59 Å². The molecule has 0 spiro atoms. The summed E-state index contributed by atoms with van der Waals surface area (Å²) in [5, 5.41) is 5.51. The third kappa shape index (κ3) is 4.29. The van der Waals surface area contributed by atoms with Gasteiger partial charge in [-0.25, -0.2) is 0 Å². The van der Waals surface area contributed by atoms with Gasteiger partial charge in [0.05, 0.1) is 5.41 Å². The highest BCUT2D eigenvalue weighted by atomic mass is 16.2. The molecule has 106 valence electrons. The van der Waals surface area contributed by atoms with Gasteiger partial charge in [-0.3, -0.25) is 9.59 Å². The van der Waals surface area contributed by atoms with E-state index in [1.807, 2.05) is 20.8 Å². The van der Waals surface area contributed by atoms with Crippen LogP contribution in [0.15, 0.2) is 0 Å². The first-order valence-corrected chi connectivity index (χ1v) is 6.76. The summed E-state index contributed by atoms with van der Waals surface area (Å²) in [7, 11) is 0. The van der Waals surface area contributed by atoms with E-state index in [-0.39, 0.29) is 11.8 Å². The van der Waals surface area contributed by atoms with Crippen LogP contribution in [0, 0.1) is 5.41 Å². The van der Waals surface area contributed by atoms with Crippen LogP contribution in [-0.2, 0) is 9.59 Å². The van der Waals surface area contributed by atoms with E-state index in [0.29, 0.717) is 25.9 Å². The van der Waals surface area contributed by atoms with Gasteiger partial charge in [-0.1, -0.05) is 20.8 Å². The van der Waals surface area contributed by atoms with Crippen LogP contribution >= 0.6 is 0 Å². The predicted molar refractivity (Wildman–Crippen MR) is 73.0 cm³/mol. The lowest BCUT2D eigenvalue weighted by molar-refractivity contribution is -0.135. The van der Waals surface area contributed by atoms with Crippen LogP contribution in [0.5, 0.6) is 0 Å². The average Bonchev–Trinajstić information content (AvgIpc) is 2.38. The molecule has 0 aliphatic carbocycles. The van der Waals surface area contributed by atoms with Crippen molar-refractivity contribution in [2.24, 2.45) is 11.1 Å². The minimum Gasteiger partial charge on any atom is -0.354 e. The zero-order valence-electron chi connectivity index (χ0n) is 12.0. The first kappa shape index (κ1) is 16.9. The van der Waals surface area contributed by atoms with E-state index in [1.54, 1.807) is 6.92 Å². The van der Waals surface area contributed by atoms with Gasteiger partial charge >= 0.3 is 0 Å². The van der Waals surface area contributed by atoms with E-state index in [4.69, 9.17) is 5.73 Å². The average molecular weight is 257 g/mol. The smallest absolute Gasteiger partial charge is 0.242 e. The normalized spacial score (nSPS) is 12.9. The van der Waals surface area contributed by atoms with Crippen molar-refractivity contribution in [2.75, 3.05) is 13.1 Å². The fraction of sp³-hybridized carbons (Fsp3) is 0.846. The highest BCUT2D eigenvalue weighted by molar-refractivity contribution is 5.89. The zero-order valence-corrected chi connectivity index (χ0v) is 12.0. The molecule has 0 bridgehead atoms. The molecule has 0 saturated carbocycles. The Balaban J connectivity index is 4.49. The third-order valence-corrected chi connectivity index (χ3v) is 3.52. The Kier molecular flexibility index (Phi) is 7.59. The Morgan fingerprint density at radius 2 is 1.78 bits per heavy atom. The van der Waals surface area contributed by atoms with Crippen LogP contribution in [0.3, 0.4) is 0 Å². The maximum atomic E-state index is 12.2. The SMILES string of the molecule is CCCNC(=O)C(C)NC(=O)C(CC)(CC)CN. The molecule has 0 aromatic heterocycles. The monoisotopic (exact) mass is 257 g/mol. The lowest BCUT2D eigenvalue weighted by atomic mass is 9.81. The number of nitrogens with two attached hydrogens (primary N) is 1. The van der Waals surface area contributed by atoms with E-state index >= 15 is 0 Å². The van der Waals surface area contributed by atoms with Crippen molar-refractivity contribution < 1.29 is 9.59 Å². The molecule has 5 nitrogen and oxygen atoms in total. The molecule has 1 atom stereocenters. The quantitative estimate of drug-likeness (QED) is 0.601. The molecule has 0 aliphatic heterocycles. The van der Waals surface area contributed by atoms with Gasteiger partial charge in [0.15, 0.2) is 0 Å². The number of hydrogen-bond acceptors (Lipinski definition) is 3. The number of carbonyl (C=O) groups excluding carboxylic acids is 2. The molecule has 0 rings (SSSR count). The van der Waals surface area contributed by atoms with Crippen molar-refractivity contribution in [1.29, 1.82) is 0 Å². The first-order chi connectivity index (χ1) is 8.47. The zero-order chi connectivity index (χ0) is 14.2. The van der Waals surface area contributed by atoms with Gasteiger partial charge in [0.1, 0.15) is 6.04 Å². The van der Waals surface area contributed by atoms with E-state index < -0.39 is 11.5 Å². The molecule has 0 saturated heterocycles. The Hall–Kier alpha value is -1.10. The third-order valence-electron chi connectivity index (χ3n) is 3.52. The Morgan fingerprint density at radius 3 is 2.17 bits per heavy atom. The second-order valence-corrected chi connectivity index (χ2v) is 4.68. The van der Waals surface area contributed by atoms with Crippen molar-refractivity contribution in [2.45, 2.75) is 53.0 Å². The molecule has 0 fully saturated rings. The maximum absolute atomic E-state index is 12.2. The molecular formula is C13H27N3O2. The topological polar surface area (TPSA) is 84.2 Å². The van der Waals surface area contributed by atoms with Crippen LogP contribution in [0.25, 0.3) is 0 Å². The number of hydrogen-bond donors (Lipinski definition) is 3. The van der Waals surface area contributed by atoms with Gasteiger partial charge < -0.3 is 16.4 Å². The highest BCUT2D eigenvalue weighted by Crippen LogP contribution is 2.25. The van der Waals surface area contributed by atoms with Gasteiger partial charge in [0.2, 0.25) is 11.8 Å². The number of rotatable bonds is 8. The van der Waals surface area contributed by atoms with Crippen molar-refractivity contribution in [3.05, 3.63) is 0 Å². The van der Waals surface area contributed by atoms with Crippen LogP contribution in [0.2, 0.25) is 0 Å². The first-order valence-electron chi connectivity index (χ1n) is 6.76. The highest BCUT2D eigenvalue weighted by Gasteiger charge is 2.34. The number of nitrogens with one attached hydrogen (secondary N) is 2. The minimum atomic E-state index is -0.556. The molecule has 1 unspecified atom stereocenters. The van der Waals surface area contributed by atoms with E-state index in [2.05, 4.69) is 10.6 Å². The summed E-state index contributed by atoms with van der Waals surface area (Å²) < 4.78 is 0. The van der Waals surface area contributed by atoms with Gasteiger partial charge in [-0.05, 0) is 26.2 Å². The molecule has 18 heavy (non-hydrogen) atoms. The van der Waals surface area contributed by atoms with Crippen LogP contribution in [0.4, 0.5) is 0 Å². The fourth-order valence-electron chi connectivity index (χ4n) is 1.77. The largest absolute Gasteiger partial charge is 0.354 e. The fourth-order valence-corrected chi connectivity index (χ4v) is 1.77. The van der Waals surface area contributed by atoms with Gasteiger partial charge in [0.25, 0.3) is 0 Å². The van der Waals surface area contributed by atoms with Crippen molar-refractivity contribution in [3.63, 3.8) is 0 Å². The molecular weight excluding hydrogens is 230 g/mol. The summed E-state index contributed by atoms with van der Waals surface area (Å²) in [6, 6.07) is -0.520. The van der Waals surface area contributed by atoms with Crippen molar-refractivity contribution in [3.8, 4) is 0 Å². The van der Waals surface area contributed by atoms with E-state index in [0.717, 1.165) is 6.42 Å². The van der Waals surface area contributed by atoms with Crippen molar-refractivity contribution in [1.82, 2.24) is 10.6 Å². The summed E-state index contributed by atoms with van der Waals surface area (Å²) in [6.45, 7) is 8.49. The molecule has 4 N–H and O–H groups in total. The lowest BCUT2D eigenvalue weighted by Gasteiger charge is -2.30. The second kappa shape index (κ2) is 8.08. The summed E-state index contributed by atoms with van der Waals surface area (Å²) in [6.07, 6.45) is 2.23. The van der Waals surface area contributed by atoms with Gasteiger partial charge in [-0.2, -0.15) is 0 Å². The Labute approximate surface area is 110 Å². The summed E-state index contributed by atoms with van der Waals surface area (Å²) in [4.78, 5) is 23.8. The second-order valence-electron chi connectivity index (χ2n) is 4.68. The summed E-state index contributed by atoms with van der Waals surface area (Å²) in [5.74, 6) is -0.280. The molecule has 2 amide bonds. The molecule has 0 radical (unpaired) electrons. The Morgan fingerprint density at radius 1 is 1.22 bits per heavy atom. The van der Waals surface area contributed by atoms with Gasteiger partial charge in [-0.15, -0.1) is 0 Å². The standard InChI is InChI=1S/C13H27N3O2/c1-5-8-15-11(17)10(4)16-12(18)13(6-2,7-3)9-14/h10H,5-9,14H2,1-4H3,(H,15,17)(H,16,18). The van der Waals surface area contributed by atoms with Crippen LogP contribution in [0.1, 0.15) is 47.0 Å². The van der Waals surface area contributed by atoms with Gasteiger partial charge in [0, 0.05) is 13.1 Å². The number of amides is 2. The molecule has 0 heterocycles. The molecule has 0 aliphatic rings. The number of carbonyl (C=O) groups is 2. The maximum Gasteiger partial charge on any atom is 0.242 e. The molecule has 5 heteroatoms. The molecule has 0 aromatic rings. The minimum absolute atomic E-state index is 0.130. The summed E-state index contributed by atoms with van der Waals surface area (Å²) in [5.41, 5.74) is 5.14. The van der Waals surface area contributed by atoms with Crippen LogP contribution < -0.4 is 16.4 Å². The van der Waals surface area contributed by atoms with E-state index in [1.165, 1.54) is 0 Å². The molecule has 0 aromatic carbocycles. The summed E-state index contributed by atoms with van der Waals surface area (Å²) >= 11 is 0. The predicted octanol–water partition coefficient (Wildman–Crippen LogP) is 0.782. The Bertz CT molecular complexity index is 267. The lowest BCUT2D eigenvalue weighted by Crippen LogP contribution is -2.52. The van der Waals surface area contributed by atoms with Crippen molar-refractivity contribution >= 4 is 11.8 Å². The van der Waals surface area contributed by atoms with Crippen LogP contribution in [-0.4, -0.2) is 30.9 Å².